The van der Waals surface area contributed by atoms with Crippen molar-refractivity contribution in [2.45, 2.75) is 6.92 Å². The van der Waals surface area contributed by atoms with Gasteiger partial charge in [0.05, 0.1) is 6.20 Å². The molecule has 0 bridgehead atoms. The fourth-order valence-electron chi connectivity index (χ4n) is 1.08. The Bertz CT molecular complexity index is 464. The molecule has 1 amide bonds. The summed E-state index contributed by atoms with van der Waals surface area (Å²) < 4.78 is 0. The van der Waals surface area contributed by atoms with Crippen LogP contribution in [0.3, 0.4) is 0 Å². The van der Waals surface area contributed by atoms with Gasteiger partial charge in [0.25, 0.3) is 5.91 Å². The predicted molar refractivity (Wildman–Crippen MR) is 53.3 cm³/mol. The van der Waals surface area contributed by atoms with Crippen LogP contribution in [0.25, 0.3) is 0 Å². The van der Waals surface area contributed by atoms with Crippen LogP contribution < -0.4 is 5.32 Å². The van der Waals surface area contributed by atoms with Gasteiger partial charge >= 0.3 is 0 Å². The summed E-state index contributed by atoms with van der Waals surface area (Å²) in [5.74, 6) is 0.151. The maximum absolute atomic E-state index is 11.6. The highest BCUT2D eigenvalue weighted by Gasteiger charge is 2.08. The first-order chi connectivity index (χ1) is 7.25. The maximum Gasteiger partial charge on any atom is 0.277 e. The summed E-state index contributed by atoms with van der Waals surface area (Å²) in [5.41, 5.74) is 1.14. The third-order valence-electron chi connectivity index (χ3n) is 1.74. The SMILES string of the molecule is Cc1cc(NC(=O)c2cnccn2)n[nH]1. The van der Waals surface area contributed by atoms with Crippen LogP contribution in [0.2, 0.25) is 0 Å². The lowest BCUT2D eigenvalue weighted by Crippen LogP contribution is -2.13. The van der Waals surface area contributed by atoms with Gasteiger partial charge in [-0.15, -0.1) is 0 Å². The maximum atomic E-state index is 11.6. The second kappa shape index (κ2) is 3.87. The van der Waals surface area contributed by atoms with Gasteiger partial charge in [0.1, 0.15) is 5.69 Å². The molecule has 0 spiro atoms. The lowest BCUT2D eigenvalue weighted by molar-refractivity contribution is 0.102. The first-order valence-corrected chi connectivity index (χ1v) is 4.35. The molecule has 0 aliphatic heterocycles. The molecule has 0 saturated carbocycles. The van der Waals surface area contributed by atoms with Crippen molar-refractivity contribution < 1.29 is 4.79 Å². The second-order valence-electron chi connectivity index (χ2n) is 2.98. The molecule has 6 heteroatoms. The lowest BCUT2D eigenvalue weighted by atomic mass is 10.4. The number of hydrogen-bond donors (Lipinski definition) is 2. The number of rotatable bonds is 2. The number of nitrogens with one attached hydrogen (secondary N) is 2. The molecular weight excluding hydrogens is 194 g/mol. The summed E-state index contributed by atoms with van der Waals surface area (Å²) in [6.45, 7) is 1.85. The van der Waals surface area contributed by atoms with Gasteiger partial charge in [-0.2, -0.15) is 5.10 Å². The topological polar surface area (TPSA) is 83.6 Å². The van der Waals surface area contributed by atoms with E-state index in [1.165, 1.54) is 18.6 Å². The number of aromatic amines is 1. The number of H-pyrrole nitrogens is 1. The fourth-order valence-corrected chi connectivity index (χ4v) is 1.08. The highest BCUT2D eigenvalue weighted by Crippen LogP contribution is 2.05. The molecule has 2 heterocycles. The Kier molecular flexibility index (Phi) is 2.40. The monoisotopic (exact) mass is 203 g/mol. The van der Waals surface area contributed by atoms with Crippen LogP contribution in [0.4, 0.5) is 5.82 Å². The highest BCUT2D eigenvalue weighted by molar-refractivity contribution is 6.02. The van der Waals surface area contributed by atoms with E-state index in [0.29, 0.717) is 5.82 Å². The second-order valence-corrected chi connectivity index (χ2v) is 2.98. The van der Waals surface area contributed by atoms with Crippen molar-refractivity contribution in [3.8, 4) is 0 Å². The minimum Gasteiger partial charge on any atom is -0.304 e. The van der Waals surface area contributed by atoms with Crippen molar-refractivity contribution in [3.05, 3.63) is 36.0 Å². The van der Waals surface area contributed by atoms with Crippen LogP contribution in [0.15, 0.2) is 24.7 Å². The zero-order valence-electron chi connectivity index (χ0n) is 8.06. The molecule has 76 valence electrons. The van der Waals surface area contributed by atoms with Crippen LogP contribution in [0.1, 0.15) is 16.2 Å². The van der Waals surface area contributed by atoms with Gasteiger partial charge in [0.15, 0.2) is 5.82 Å². The Morgan fingerprint density at radius 3 is 2.93 bits per heavy atom. The highest BCUT2D eigenvalue weighted by atomic mass is 16.1. The smallest absolute Gasteiger partial charge is 0.277 e. The fraction of sp³-hybridized carbons (Fsp3) is 0.111. The molecule has 2 aromatic heterocycles. The summed E-state index contributed by atoms with van der Waals surface area (Å²) in [7, 11) is 0. The molecular formula is C9H9N5O. The number of hydrogen-bond acceptors (Lipinski definition) is 4. The summed E-state index contributed by atoms with van der Waals surface area (Å²) >= 11 is 0. The van der Waals surface area contributed by atoms with Gasteiger partial charge < -0.3 is 5.32 Å². The number of carbonyl (C=O) groups excluding carboxylic acids is 1. The molecule has 2 aromatic rings. The first-order valence-electron chi connectivity index (χ1n) is 4.35. The average molecular weight is 203 g/mol. The Balaban J connectivity index is 2.11. The third-order valence-corrected chi connectivity index (χ3v) is 1.74. The van der Waals surface area contributed by atoms with E-state index >= 15 is 0 Å². The molecule has 2 N–H and O–H groups in total. The van der Waals surface area contributed by atoms with Gasteiger partial charge in [0, 0.05) is 24.2 Å². The van der Waals surface area contributed by atoms with Crippen LogP contribution in [0.5, 0.6) is 0 Å². The molecule has 0 aromatic carbocycles. The van der Waals surface area contributed by atoms with Crippen molar-refractivity contribution in [1.29, 1.82) is 0 Å². The molecule has 2 rings (SSSR count). The molecule has 0 fully saturated rings. The number of amides is 1. The van der Waals surface area contributed by atoms with E-state index < -0.39 is 0 Å². The van der Waals surface area contributed by atoms with E-state index in [9.17, 15) is 4.79 Å². The molecule has 0 aliphatic rings. The van der Waals surface area contributed by atoms with E-state index in [2.05, 4.69) is 25.5 Å². The Morgan fingerprint density at radius 2 is 2.33 bits per heavy atom. The van der Waals surface area contributed by atoms with E-state index in [-0.39, 0.29) is 11.6 Å². The Hall–Kier alpha value is -2.24. The zero-order valence-corrected chi connectivity index (χ0v) is 8.06. The van der Waals surface area contributed by atoms with Gasteiger partial charge in [-0.1, -0.05) is 0 Å². The van der Waals surface area contributed by atoms with Crippen LogP contribution in [-0.2, 0) is 0 Å². The van der Waals surface area contributed by atoms with E-state index in [0.717, 1.165) is 5.69 Å². The quantitative estimate of drug-likeness (QED) is 0.754. The minimum atomic E-state index is -0.324. The molecule has 0 radical (unpaired) electrons. The molecule has 0 saturated heterocycles. The van der Waals surface area contributed by atoms with Crippen molar-refractivity contribution in [2.75, 3.05) is 5.32 Å². The number of carbonyl (C=O) groups is 1. The number of aromatic nitrogens is 4. The van der Waals surface area contributed by atoms with Gasteiger partial charge in [-0.3, -0.25) is 14.9 Å². The standard InChI is InChI=1S/C9H9N5O/c1-6-4-8(14-13-6)12-9(15)7-5-10-2-3-11-7/h2-5H,1H3,(H2,12,13,14,15). The van der Waals surface area contributed by atoms with Crippen molar-refractivity contribution in [2.24, 2.45) is 0 Å². The molecule has 0 atom stereocenters. The lowest BCUT2D eigenvalue weighted by Gasteiger charge is -1.98. The van der Waals surface area contributed by atoms with Crippen LogP contribution >= 0.6 is 0 Å². The molecule has 0 unspecified atom stereocenters. The third kappa shape index (κ3) is 2.16. The van der Waals surface area contributed by atoms with Gasteiger partial charge in [-0.05, 0) is 6.92 Å². The molecule has 0 aliphatic carbocycles. The average Bonchev–Trinajstić information content (AvgIpc) is 2.65. The van der Waals surface area contributed by atoms with Crippen molar-refractivity contribution in [3.63, 3.8) is 0 Å². The predicted octanol–water partition coefficient (Wildman–Crippen LogP) is 0.760. The zero-order chi connectivity index (χ0) is 10.7. The minimum absolute atomic E-state index is 0.262. The number of anilines is 1. The first kappa shape index (κ1) is 9.32. The van der Waals surface area contributed by atoms with E-state index in [4.69, 9.17) is 0 Å². The Labute approximate surface area is 85.8 Å². The van der Waals surface area contributed by atoms with Gasteiger partial charge in [-0.25, -0.2) is 4.98 Å². The largest absolute Gasteiger partial charge is 0.304 e. The van der Waals surface area contributed by atoms with E-state index in [1.54, 1.807) is 6.07 Å². The normalized spacial score (nSPS) is 9.93. The molecule has 15 heavy (non-hydrogen) atoms. The number of nitrogens with zero attached hydrogens (tertiary/aromatic N) is 3. The summed E-state index contributed by atoms with van der Waals surface area (Å²) in [5, 5.41) is 9.20. The van der Waals surface area contributed by atoms with Gasteiger partial charge in [0.2, 0.25) is 0 Å². The summed E-state index contributed by atoms with van der Waals surface area (Å²) in [6, 6.07) is 1.73. The number of aryl methyl sites for hydroxylation is 1. The van der Waals surface area contributed by atoms with Crippen LogP contribution in [-0.4, -0.2) is 26.1 Å². The summed E-state index contributed by atoms with van der Waals surface area (Å²) in [4.78, 5) is 19.2. The van der Waals surface area contributed by atoms with Crippen LogP contribution in [0, 0.1) is 6.92 Å². The van der Waals surface area contributed by atoms with E-state index in [1.807, 2.05) is 6.92 Å². The summed E-state index contributed by atoms with van der Waals surface area (Å²) in [6.07, 6.45) is 4.37. The van der Waals surface area contributed by atoms with Crippen molar-refractivity contribution >= 4 is 11.7 Å². The van der Waals surface area contributed by atoms with Crippen molar-refractivity contribution in [1.82, 2.24) is 20.2 Å². The Morgan fingerprint density at radius 1 is 1.47 bits per heavy atom. The molecule has 6 nitrogen and oxygen atoms in total.